The van der Waals surface area contributed by atoms with Gasteiger partial charge in [-0.1, -0.05) is 41.6 Å². The van der Waals surface area contributed by atoms with Gasteiger partial charge in [-0.05, 0) is 24.6 Å². The van der Waals surface area contributed by atoms with Crippen LogP contribution in [0.1, 0.15) is 29.3 Å². The molecule has 4 rings (SSSR count). The van der Waals surface area contributed by atoms with Crippen molar-refractivity contribution in [2.75, 3.05) is 5.75 Å². The van der Waals surface area contributed by atoms with E-state index < -0.39 is 0 Å². The van der Waals surface area contributed by atoms with Crippen LogP contribution in [0, 0.1) is 6.92 Å². The van der Waals surface area contributed by atoms with E-state index in [1.807, 2.05) is 42.1 Å². The predicted molar refractivity (Wildman–Crippen MR) is 105 cm³/mol. The van der Waals surface area contributed by atoms with Gasteiger partial charge in [-0.2, -0.15) is 5.10 Å². The molecule has 0 unspecified atom stereocenters. The number of imidazole rings is 1. The lowest BCUT2D eigenvalue weighted by atomic mass is 10.0. The lowest BCUT2D eigenvalue weighted by molar-refractivity contribution is -0.130. The van der Waals surface area contributed by atoms with Crippen molar-refractivity contribution in [2.45, 2.75) is 24.5 Å². The molecular formula is C20H20N4O2S. The van der Waals surface area contributed by atoms with Crippen LogP contribution in [0.5, 0.6) is 0 Å². The van der Waals surface area contributed by atoms with E-state index in [1.54, 1.807) is 17.5 Å². The number of hydrogen-bond acceptors (Lipinski definition) is 5. The fraction of sp³-hybridized carbons (Fsp3) is 0.250. The maximum absolute atomic E-state index is 12.9. The van der Waals surface area contributed by atoms with Crippen molar-refractivity contribution in [3.8, 4) is 0 Å². The van der Waals surface area contributed by atoms with Gasteiger partial charge < -0.3 is 8.98 Å². The summed E-state index contributed by atoms with van der Waals surface area (Å²) in [6.07, 6.45) is 5.85. The average Bonchev–Trinajstić information content (AvgIpc) is 3.41. The number of nitrogens with zero attached hydrogens (tertiary/aromatic N) is 4. The molecule has 6 nitrogen and oxygen atoms in total. The van der Waals surface area contributed by atoms with Crippen molar-refractivity contribution in [2.24, 2.45) is 12.1 Å². The largest absolute Gasteiger partial charge is 0.467 e. The van der Waals surface area contributed by atoms with Crippen LogP contribution >= 0.6 is 11.8 Å². The standard InChI is InChI=1S/C20H20N4O2S/c1-14-5-7-15(8-6-14)16-12-17(18-4-3-11-26-18)24(22-16)19(25)13-27-20-21-9-10-23(20)2/h3-11,17H,12-13H2,1-2H3/t17-/m0/s1. The summed E-state index contributed by atoms with van der Waals surface area (Å²) < 4.78 is 7.48. The first-order chi connectivity index (χ1) is 13.1. The van der Waals surface area contributed by atoms with Crippen molar-refractivity contribution in [1.29, 1.82) is 0 Å². The minimum Gasteiger partial charge on any atom is -0.467 e. The molecule has 7 heteroatoms. The molecule has 138 valence electrons. The van der Waals surface area contributed by atoms with Crippen molar-refractivity contribution in [3.05, 3.63) is 71.9 Å². The first-order valence-corrected chi connectivity index (χ1v) is 9.70. The van der Waals surface area contributed by atoms with Crippen LogP contribution in [-0.2, 0) is 11.8 Å². The Morgan fingerprint density at radius 1 is 1.30 bits per heavy atom. The van der Waals surface area contributed by atoms with Gasteiger partial charge in [-0.25, -0.2) is 9.99 Å². The van der Waals surface area contributed by atoms with Gasteiger partial charge in [0.05, 0.1) is 17.7 Å². The third kappa shape index (κ3) is 3.68. The zero-order valence-electron chi connectivity index (χ0n) is 15.2. The molecule has 1 aliphatic rings. The molecule has 0 N–H and O–H groups in total. The molecular weight excluding hydrogens is 360 g/mol. The molecule has 3 aromatic rings. The second-order valence-corrected chi connectivity index (χ2v) is 7.44. The molecule has 3 heterocycles. The molecule has 1 aliphatic heterocycles. The Labute approximate surface area is 161 Å². The second kappa shape index (κ2) is 7.44. The highest BCUT2D eigenvalue weighted by Gasteiger charge is 2.34. The Balaban J connectivity index is 1.56. The number of rotatable bonds is 5. The molecule has 0 saturated carbocycles. The Morgan fingerprint density at radius 3 is 2.78 bits per heavy atom. The third-order valence-corrected chi connectivity index (χ3v) is 5.57. The zero-order valence-corrected chi connectivity index (χ0v) is 16.0. The van der Waals surface area contributed by atoms with Crippen LogP contribution in [0.2, 0.25) is 0 Å². The summed E-state index contributed by atoms with van der Waals surface area (Å²) in [6, 6.07) is 11.7. The fourth-order valence-corrected chi connectivity index (χ4v) is 3.83. The van der Waals surface area contributed by atoms with E-state index in [0.717, 1.165) is 22.2 Å². The first kappa shape index (κ1) is 17.6. The summed E-state index contributed by atoms with van der Waals surface area (Å²) in [5.74, 6) is 0.954. The Morgan fingerprint density at radius 2 is 2.11 bits per heavy atom. The number of carbonyl (C=O) groups excluding carboxylic acids is 1. The monoisotopic (exact) mass is 380 g/mol. The molecule has 0 radical (unpaired) electrons. The highest BCUT2D eigenvalue weighted by atomic mass is 32.2. The van der Waals surface area contributed by atoms with Crippen LogP contribution in [0.4, 0.5) is 0 Å². The van der Waals surface area contributed by atoms with Crippen LogP contribution in [0.25, 0.3) is 0 Å². The van der Waals surface area contributed by atoms with Crippen molar-refractivity contribution in [1.82, 2.24) is 14.6 Å². The number of hydrogen-bond donors (Lipinski definition) is 0. The number of carbonyl (C=O) groups is 1. The summed E-state index contributed by atoms with van der Waals surface area (Å²) in [4.78, 5) is 17.2. The van der Waals surface area contributed by atoms with Crippen molar-refractivity contribution in [3.63, 3.8) is 0 Å². The van der Waals surface area contributed by atoms with Crippen molar-refractivity contribution >= 4 is 23.4 Å². The minimum atomic E-state index is -0.217. The normalized spacial score (nSPS) is 16.6. The lowest BCUT2D eigenvalue weighted by Gasteiger charge is -2.19. The molecule has 0 aliphatic carbocycles. The molecule has 0 bridgehead atoms. The fourth-order valence-electron chi connectivity index (χ4n) is 3.05. The summed E-state index contributed by atoms with van der Waals surface area (Å²) in [6.45, 7) is 2.05. The van der Waals surface area contributed by atoms with Crippen LogP contribution in [-0.4, -0.2) is 31.9 Å². The quantitative estimate of drug-likeness (QED) is 0.632. The Hall–Kier alpha value is -2.80. The predicted octanol–water partition coefficient (Wildman–Crippen LogP) is 3.79. The van der Waals surface area contributed by atoms with E-state index in [9.17, 15) is 4.79 Å². The number of aromatic nitrogens is 2. The maximum atomic E-state index is 12.9. The second-order valence-electron chi connectivity index (χ2n) is 6.50. The van der Waals surface area contributed by atoms with Gasteiger partial charge in [0, 0.05) is 25.9 Å². The Kier molecular flexibility index (Phi) is 4.85. The molecule has 1 atom stereocenters. The topological polar surface area (TPSA) is 63.6 Å². The molecule has 0 fully saturated rings. The van der Waals surface area contributed by atoms with Gasteiger partial charge in [-0.3, -0.25) is 4.79 Å². The van der Waals surface area contributed by atoms with E-state index in [-0.39, 0.29) is 17.7 Å². The number of furan rings is 1. The van der Waals surface area contributed by atoms with Gasteiger partial charge in [-0.15, -0.1) is 0 Å². The highest BCUT2D eigenvalue weighted by Crippen LogP contribution is 2.33. The molecule has 1 aromatic carbocycles. The lowest BCUT2D eigenvalue weighted by Crippen LogP contribution is -2.28. The van der Waals surface area contributed by atoms with E-state index in [2.05, 4.69) is 29.1 Å². The summed E-state index contributed by atoms with van der Waals surface area (Å²) in [5, 5.41) is 7.01. The average molecular weight is 380 g/mol. The molecule has 2 aromatic heterocycles. The van der Waals surface area contributed by atoms with E-state index >= 15 is 0 Å². The molecule has 1 amide bonds. The van der Waals surface area contributed by atoms with Crippen LogP contribution < -0.4 is 0 Å². The van der Waals surface area contributed by atoms with Gasteiger partial charge in [0.25, 0.3) is 5.91 Å². The molecule has 27 heavy (non-hydrogen) atoms. The minimum absolute atomic E-state index is 0.0634. The zero-order chi connectivity index (χ0) is 18.8. The SMILES string of the molecule is Cc1ccc(C2=NN(C(=O)CSc3nccn3C)[C@H](c3ccco3)C2)cc1. The highest BCUT2D eigenvalue weighted by molar-refractivity contribution is 7.99. The van der Waals surface area contributed by atoms with E-state index in [1.165, 1.54) is 17.3 Å². The third-order valence-electron chi connectivity index (χ3n) is 4.52. The van der Waals surface area contributed by atoms with Crippen LogP contribution in [0.15, 0.2) is 69.7 Å². The molecule has 0 saturated heterocycles. The number of hydrazone groups is 1. The Bertz CT molecular complexity index is 960. The first-order valence-electron chi connectivity index (χ1n) is 8.72. The van der Waals surface area contributed by atoms with Gasteiger partial charge in [0.2, 0.25) is 0 Å². The maximum Gasteiger partial charge on any atom is 0.253 e. The van der Waals surface area contributed by atoms with Gasteiger partial charge in [0.15, 0.2) is 5.16 Å². The smallest absolute Gasteiger partial charge is 0.253 e. The van der Waals surface area contributed by atoms with E-state index in [0.29, 0.717) is 6.42 Å². The van der Waals surface area contributed by atoms with E-state index in [4.69, 9.17) is 4.42 Å². The number of benzene rings is 1. The van der Waals surface area contributed by atoms with Crippen molar-refractivity contribution < 1.29 is 9.21 Å². The van der Waals surface area contributed by atoms with Gasteiger partial charge >= 0.3 is 0 Å². The number of amides is 1. The number of thioether (sulfide) groups is 1. The van der Waals surface area contributed by atoms with Crippen LogP contribution in [0.3, 0.4) is 0 Å². The van der Waals surface area contributed by atoms with Gasteiger partial charge in [0.1, 0.15) is 11.8 Å². The molecule has 0 spiro atoms. The summed E-state index contributed by atoms with van der Waals surface area (Å²) in [5.41, 5.74) is 3.12. The summed E-state index contributed by atoms with van der Waals surface area (Å²) in [7, 11) is 1.91. The summed E-state index contributed by atoms with van der Waals surface area (Å²) >= 11 is 1.41. The number of aryl methyl sites for hydroxylation is 2.